The molecule has 2 fully saturated rings. The van der Waals surface area contributed by atoms with Gasteiger partial charge in [-0.05, 0) is 19.1 Å². The van der Waals surface area contributed by atoms with Crippen LogP contribution in [0, 0.1) is 6.92 Å². The van der Waals surface area contributed by atoms with Crippen molar-refractivity contribution in [3.63, 3.8) is 0 Å². The van der Waals surface area contributed by atoms with Gasteiger partial charge in [-0.1, -0.05) is 0 Å². The van der Waals surface area contributed by atoms with Crippen molar-refractivity contribution in [1.82, 2.24) is 15.2 Å². The molecule has 0 radical (unpaired) electrons. The second-order valence-corrected chi connectivity index (χ2v) is 4.84. The van der Waals surface area contributed by atoms with Gasteiger partial charge in [0.15, 0.2) is 5.82 Å². The van der Waals surface area contributed by atoms with Crippen LogP contribution in [0.5, 0.6) is 0 Å². The third-order valence-electron chi connectivity index (χ3n) is 3.58. The first-order chi connectivity index (χ1) is 8.65. The molecule has 2 amide bonds. The third-order valence-corrected chi connectivity index (χ3v) is 3.58. The number of rotatable bonds is 1. The predicted octanol–water partition coefficient (Wildman–Crippen LogP) is 0.186. The zero-order valence-electron chi connectivity index (χ0n) is 10.4. The van der Waals surface area contributed by atoms with Crippen molar-refractivity contribution in [2.75, 3.05) is 36.8 Å². The topological polar surface area (TPSA) is 74.5 Å². The van der Waals surface area contributed by atoms with Crippen LogP contribution in [0.1, 0.15) is 5.69 Å². The van der Waals surface area contributed by atoms with Gasteiger partial charge in [-0.2, -0.15) is 0 Å². The maximum atomic E-state index is 11.5. The van der Waals surface area contributed by atoms with E-state index in [4.69, 9.17) is 5.73 Å². The molecular weight excluding hydrogens is 230 g/mol. The molecule has 2 aliphatic rings. The first-order valence-corrected chi connectivity index (χ1v) is 6.17. The van der Waals surface area contributed by atoms with Gasteiger partial charge in [-0.15, -0.1) is 0 Å². The molecule has 1 unspecified atom stereocenters. The summed E-state index contributed by atoms with van der Waals surface area (Å²) in [5.41, 5.74) is 7.65. The van der Waals surface area contributed by atoms with E-state index < -0.39 is 0 Å². The number of piperazine rings is 1. The second-order valence-electron chi connectivity index (χ2n) is 4.84. The lowest BCUT2D eigenvalue weighted by Gasteiger charge is -2.37. The Morgan fingerprint density at radius 3 is 3.11 bits per heavy atom. The minimum Gasteiger partial charge on any atom is -0.396 e. The molecule has 6 nitrogen and oxygen atoms in total. The van der Waals surface area contributed by atoms with Gasteiger partial charge in [-0.25, -0.2) is 9.78 Å². The predicted molar refractivity (Wildman–Crippen MR) is 69.5 cm³/mol. The number of nitrogen functional groups attached to an aromatic ring is 1. The van der Waals surface area contributed by atoms with E-state index in [0.29, 0.717) is 12.2 Å². The molecule has 3 heterocycles. The highest BCUT2D eigenvalue weighted by Gasteiger charge is 2.36. The van der Waals surface area contributed by atoms with E-state index in [-0.39, 0.29) is 12.1 Å². The van der Waals surface area contributed by atoms with Gasteiger partial charge in [0, 0.05) is 31.9 Å². The fraction of sp³-hybridized carbons (Fsp3) is 0.500. The van der Waals surface area contributed by atoms with Crippen LogP contribution in [0.25, 0.3) is 0 Å². The number of urea groups is 1. The average Bonchev–Trinajstić information content (AvgIpc) is 2.74. The molecule has 0 saturated carbocycles. The standard InChI is InChI=1S/C12H17N5O/c1-8-2-3-10(13)11(15-8)16-4-5-17-9(7-16)6-14-12(17)18/h2-3,9H,4-7,13H2,1H3,(H,14,18). The summed E-state index contributed by atoms with van der Waals surface area (Å²) >= 11 is 0. The summed E-state index contributed by atoms with van der Waals surface area (Å²) < 4.78 is 0. The van der Waals surface area contributed by atoms with Crippen LogP contribution in [0.4, 0.5) is 16.3 Å². The number of nitrogens with zero attached hydrogens (tertiary/aromatic N) is 3. The lowest BCUT2D eigenvalue weighted by atomic mass is 10.2. The Kier molecular flexibility index (Phi) is 2.50. The number of aromatic nitrogens is 1. The Labute approximate surface area is 106 Å². The lowest BCUT2D eigenvalue weighted by Crippen LogP contribution is -2.52. The molecular formula is C12H17N5O. The molecule has 96 valence electrons. The zero-order chi connectivity index (χ0) is 12.7. The quantitative estimate of drug-likeness (QED) is 0.742. The lowest BCUT2D eigenvalue weighted by molar-refractivity contribution is 0.197. The fourth-order valence-corrected chi connectivity index (χ4v) is 2.60. The van der Waals surface area contributed by atoms with Gasteiger partial charge in [-0.3, -0.25) is 0 Å². The molecule has 1 atom stereocenters. The van der Waals surface area contributed by atoms with Crippen molar-refractivity contribution in [3.05, 3.63) is 17.8 Å². The molecule has 0 aromatic carbocycles. The molecule has 1 aromatic rings. The zero-order valence-corrected chi connectivity index (χ0v) is 10.4. The molecule has 3 rings (SSSR count). The van der Waals surface area contributed by atoms with Crippen molar-refractivity contribution in [1.29, 1.82) is 0 Å². The summed E-state index contributed by atoms with van der Waals surface area (Å²) in [7, 11) is 0. The van der Waals surface area contributed by atoms with E-state index in [1.54, 1.807) is 0 Å². The Morgan fingerprint density at radius 1 is 1.44 bits per heavy atom. The van der Waals surface area contributed by atoms with Crippen LogP contribution < -0.4 is 16.0 Å². The van der Waals surface area contributed by atoms with Gasteiger partial charge in [0.2, 0.25) is 0 Å². The number of nitrogens with one attached hydrogen (secondary N) is 1. The van der Waals surface area contributed by atoms with E-state index in [0.717, 1.165) is 31.1 Å². The number of anilines is 2. The summed E-state index contributed by atoms with van der Waals surface area (Å²) in [6.07, 6.45) is 0. The van der Waals surface area contributed by atoms with E-state index in [1.165, 1.54) is 0 Å². The number of nitrogens with two attached hydrogens (primary N) is 1. The van der Waals surface area contributed by atoms with Crippen LogP contribution in [0.15, 0.2) is 12.1 Å². The van der Waals surface area contributed by atoms with Crippen molar-refractivity contribution in [2.24, 2.45) is 0 Å². The summed E-state index contributed by atoms with van der Waals surface area (Å²) in [6, 6.07) is 4.08. The van der Waals surface area contributed by atoms with Gasteiger partial charge in [0.1, 0.15) is 0 Å². The summed E-state index contributed by atoms with van der Waals surface area (Å²) in [6.45, 7) is 4.97. The monoisotopic (exact) mass is 247 g/mol. The largest absolute Gasteiger partial charge is 0.396 e. The molecule has 0 bridgehead atoms. The summed E-state index contributed by atoms with van der Waals surface area (Å²) in [4.78, 5) is 20.1. The number of pyridine rings is 1. The molecule has 0 aliphatic carbocycles. The van der Waals surface area contributed by atoms with E-state index in [2.05, 4.69) is 15.2 Å². The highest BCUT2D eigenvalue weighted by atomic mass is 16.2. The molecule has 3 N–H and O–H groups in total. The first kappa shape index (κ1) is 11.1. The molecule has 1 aromatic heterocycles. The summed E-state index contributed by atoms with van der Waals surface area (Å²) in [5, 5.41) is 2.87. The van der Waals surface area contributed by atoms with Crippen molar-refractivity contribution in [2.45, 2.75) is 13.0 Å². The van der Waals surface area contributed by atoms with Crippen molar-refractivity contribution < 1.29 is 4.79 Å². The molecule has 6 heteroatoms. The number of hydrogen-bond donors (Lipinski definition) is 2. The van der Waals surface area contributed by atoms with Crippen LogP contribution in [-0.4, -0.2) is 48.1 Å². The number of carbonyl (C=O) groups is 1. The van der Waals surface area contributed by atoms with Gasteiger partial charge >= 0.3 is 6.03 Å². The molecule has 2 aliphatic heterocycles. The number of aryl methyl sites for hydroxylation is 1. The maximum absolute atomic E-state index is 11.5. The van der Waals surface area contributed by atoms with Crippen LogP contribution in [-0.2, 0) is 0 Å². The first-order valence-electron chi connectivity index (χ1n) is 6.17. The number of hydrogen-bond acceptors (Lipinski definition) is 4. The highest BCUT2D eigenvalue weighted by Crippen LogP contribution is 2.24. The third kappa shape index (κ3) is 1.73. The van der Waals surface area contributed by atoms with Crippen molar-refractivity contribution >= 4 is 17.5 Å². The summed E-state index contributed by atoms with van der Waals surface area (Å²) in [5.74, 6) is 0.842. The van der Waals surface area contributed by atoms with Crippen LogP contribution in [0.2, 0.25) is 0 Å². The number of amides is 2. The SMILES string of the molecule is Cc1ccc(N)c(N2CCN3C(=O)NCC3C2)n1. The van der Waals surface area contributed by atoms with E-state index in [1.807, 2.05) is 24.0 Å². The smallest absolute Gasteiger partial charge is 0.317 e. The molecule has 2 saturated heterocycles. The van der Waals surface area contributed by atoms with Gasteiger partial charge in [0.05, 0.1) is 11.7 Å². The minimum atomic E-state index is 0.0461. The van der Waals surface area contributed by atoms with E-state index in [9.17, 15) is 4.79 Å². The Hall–Kier alpha value is -1.98. The fourth-order valence-electron chi connectivity index (χ4n) is 2.60. The Balaban J connectivity index is 1.82. The Morgan fingerprint density at radius 2 is 2.28 bits per heavy atom. The Bertz CT molecular complexity index is 489. The molecule has 18 heavy (non-hydrogen) atoms. The minimum absolute atomic E-state index is 0.0461. The molecule has 0 spiro atoms. The van der Waals surface area contributed by atoms with E-state index >= 15 is 0 Å². The van der Waals surface area contributed by atoms with Crippen molar-refractivity contribution in [3.8, 4) is 0 Å². The van der Waals surface area contributed by atoms with Crippen LogP contribution in [0.3, 0.4) is 0 Å². The van der Waals surface area contributed by atoms with Gasteiger partial charge in [0.25, 0.3) is 0 Å². The average molecular weight is 247 g/mol. The van der Waals surface area contributed by atoms with Gasteiger partial charge < -0.3 is 20.9 Å². The highest BCUT2D eigenvalue weighted by molar-refractivity contribution is 5.77. The normalized spacial score (nSPS) is 22.9. The number of carbonyl (C=O) groups excluding carboxylic acids is 1. The second kappa shape index (κ2) is 4.04. The van der Waals surface area contributed by atoms with Crippen LogP contribution >= 0.6 is 0 Å². The number of fused-ring (bicyclic) bond motifs is 1. The maximum Gasteiger partial charge on any atom is 0.317 e.